The van der Waals surface area contributed by atoms with Crippen LogP contribution in [-0.4, -0.2) is 46.3 Å². The van der Waals surface area contributed by atoms with Crippen molar-refractivity contribution in [2.24, 2.45) is 0 Å². The van der Waals surface area contributed by atoms with E-state index in [9.17, 15) is 14.4 Å². The molecule has 1 aliphatic rings. The van der Waals surface area contributed by atoms with Gasteiger partial charge in [-0.25, -0.2) is 4.98 Å². The Bertz CT molecular complexity index is 1170. The lowest BCUT2D eigenvalue weighted by Crippen LogP contribution is -2.44. The molecule has 4 rings (SSSR count). The summed E-state index contributed by atoms with van der Waals surface area (Å²) in [4.78, 5) is 48.3. The van der Waals surface area contributed by atoms with E-state index in [1.807, 2.05) is 31.2 Å². The van der Waals surface area contributed by atoms with Crippen molar-refractivity contribution in [2.45, 2.75) is 25.9 Å². The first kappa shape index (κ1) is 19.8. The van der Waals surface area contributed by atoms with Crippen molar-refractivity contribution < 1.29 is 9.59 Å². The molecule has 0 radical (unpaired) electrons. The van der Waals surface area contributed by atoms with E-state index in [1.165, 1.54) is 0 Å². The van der Waals surface area contributed by atoms with Gasteiger partial charge in [-0.15, -0.1) is 0 Å². The number of rotatable bonds is 4. The highest BCUT2D eigenvalue weighted by Crippen LogP contribution is 2.31. The lowest BCUT2D eigenvalue weighted by molar-refractivity contribution is -0.120. The van der Waals surface area contributed by atoms with Gasteiger partial charge in [0.25, 0.3) is 5.56 Å². The van der Waals surface area contributed by atoms with E-state index in [0.29, 0.717) is 34.6 Å². The van der Waals surface area contributed by atoms with Crippen molar-refractivity contribution in [3.05, 3.63) is 64.7 Å². The molecule has 1 atom stereocenters. The lowest BCUT2D eigenvalue weighted by Gasteiger charge is -2.29. The molecule has 3 aromatic rings. The van der Waals surface area contributed by atoms with E-state index in [1.54, 1.807) is 41.1 Å². The number of hydrogen-bond donors (Lipinski definition) is 2. The molecular formula is C22H23N5O3. The Labute approximate surface area is 173 Å². The maximum Gasteiger partial charge on any atom is 0.258 e. The van der Waals surface area contributed by atoms with Gasteiger partial charge in [-0.3, -0.25) is 19.3 Å². The fourth-order valence-corrected chi connectivity index (χ4v) is 3.80. The van der Waals surface area contributed by atoms with Crippen LogP contribution in [0.25, 0.3) is 10.9 Å². The van der Waals surface area contributed by atoms with Crippen LogP contribution in [0.2, 0.25) is 0 Å². The van der Waals surface area contributed by atoms with Gasteiger partial charge in [0.05, 0.1) is 35.4 Å². The molecule has 0 bridgehead atoms. The third-order valence-corrected chi connectivity index (χ3v) is 5.11. The summed E-state index contributed by atoms with van der Waals surface area (Å²) in [6.07, 6.45) is 0.226. The van der Waals surface area contributed by atoms with Crippen molar-refractivity contribution in [3.8, 4) is 0 Å². The average Bonchev–Trinajstić information content (AvgIpc) is 2.82. The smallest absolute Gasteiger partial charge is 0.258 e. The number of aromatic amines is 1. The molecule has 8 heteroatoms. The van der Waals surface area contributed by atoms with Gasteiger partial charge in [0.2, 0.25) is 11.8 Å². The van der Waals surface area contributed by atoms with Gasteiger partial charge in [0.1, 0.15) is 5.82 Å². The minimum Gasteiger partial charge on any atom is -0.324 e. The first-order valence-electron chi connectivity index (χ1n) is 9.80. The minimum absolute atomic E-state index is 0.114. The van der Waals surface area contributed by atoms with Crippen molar-refractivity contribution in [3.63, 3.8) is 0 Å². The van der Waals surface area contributed by atoms with E-state index < -0.39 is 0 Å². The summed E-state index contributed by atoms with van der Waals surface area (Å²) in [6, 6.07) is 14.2. The standard InChI is InChI=1S/C22H23N5O3/c1-14-11-20(28)24-17-9-5-6-10-18(17)27(14)21(29)13-26(2)12-19-23-16-8-4-3-7-15(16)22(30)25-19/h3-10,14H,11-13H2,1-2H3,(H,24,28)(H,23,25,30)/t14-/m1/s1. The summed E-state index contributed by atoms with van der Waals surface area (Å²) in [5, 5.41) is 3.39. The van der Waals surface area contributed by atoms with Crippen molar-refractivity contribution >= 4 is 34.1 Å². The molecule has 1 aliphatic heterocycles. The van der Waals surface area contributed by atoms with Crippen molar-refractivity contribution in [2.75, 3.05) is 23.8 Å². The average molecular weight is 405 g/mol. The number of carbonyl (C=O) groups excluding carboxylic acids is 2. The second-order valence-corrected chi connectivity index (χ2v) is 7.58. The molecule has 2 aromatic carbocycles. The summed E-state index contributed by atoms with van der Waals surface area (Å²) >= 11 is 0. The topological polar surface area (TPSA) is 98.4 Å². The van der Waals surface area contributed by atoms with Crippen LogP contribution in [0.15, 0.2) is 53.3 Å². The number of benzene rings is 2. The zero-order chi connectivity index (χ0) is 21.3. The molecule has 1 aromatic heterocycles. The highest BCUT2D eigenvalue weighted by atomic mass is 16.2. The summed E-state index contributed by atoms with van der Waals surface area (Å²) in [5.41, 5.74) is 1.74. The molecule has 154 valence electrons. The molecule has 30 heavy (non-hydrogen) atoms. The van der Waals surface area contributed by atoms with Gasteiger partial charge in [0, 0.05) is 12.5 Å². The summed E-state index contributed by atoms with van der Waals surface area (Å²) in [7, 11) is 1.80. The molecule has 0 fully saturated rings. The van der Waals surface area contributed by atoms with Gasteiger partial charge < -0.3 is 15.2 Å². The predicted molar refractivity (Wildman–Crippen MR) is 115 cm³/mol. The van der Waals surface area contributed by atoms with E-state index >= 15 is 0 Å². The number of para-hydroxylation sites is 3. The fourth-order valence-electron chi connectivity index (χ4n) is 3.80. The number of nitrogens with one attached hydrogen (secondary N) is 2. The molecule has 8 nitrogen and oxygen atoms in total. The van der Waals surface area contributed by atoms with Gasteiger partial charge in [0.15, 0.2) is 0 Å². The van der Waals surface area contributed by atoms with E-state index in [0.717, 1.165) is 0 Å². The molecule has 2 amide bonds. The number of carbonyl (C=O) groups is 2. The highest BCUT2D eigenvalue weighted by Gasteiger charge is 2.29. The molecule has 0 unspecified atom stereocenters. The predicted octanol–water partition coefficient (Wildman–Crippen LogP) is 2.12. The quantitative estimate of drug-likeness (QED) is 0.693. The number of anilines is 2. The Hall–Kier alpha value is -3.52. The maximum absolute atomic E-state index is 13.2. The molecule has 0 saturated carbocycles. The Morgan fingerprint density at radius 2 is 1.90 bits per heavy atom. The van der Waals surface area contributed by atoms with Crippen LogP contribution in [0.4, 0.5) is 11.4 Å². The highest BCUT2D eigenvalue weighted by molar-refractivity contribution is 6.04. The Morgan fingerprint density at radius 1 is 1.17 bits per heavy atom. The molecular weight excluding hydrogens is 382 g/mol. The number of fused-ring (bicyclic) bond motifs is 2. The second kappa shape index (κ2) is 8.08. The SMILES string of the molecule is C[C@@H]1CC(=O)Nc2ccccc2N1C(=O)CN(C)Cc1nc2ccccc2c(=O)[nH]1. The summed E-state index contributed by atoms with van der Waals surface area (Å²) in [5.74, 6) is 0.254. The van der Waals surface area contributed by atoms with Crippen molar-refractivity contribution in [1.29, 1.82) is 0 Å². The lowest BCUT2D eigenvalue weighted by atomic mass is 10.1. The zero-order valence-corrected chi connectivity index (χ0v) is 16.9. The van der Waals surface area contributed by atoms with Crippen LogP contribution in [0.5, 0.6) is 0 Å². The van der Waals surface area contributed by atoms with Crippen LogP contribution in [0.3, 0.4) is 0 Å². The molecule has 2 heterocycles. The van der Waals surface area contributed by atoms with E-state index in [2.05, 4.69) is 15.3 Å². The molecule has 2 N–H and O–H groups in total. The Kier molecular flexibility index (Phi) is 5.33. The minimum atomic E-state index is -0.270. The molecule has 0 aliphatic carbocycles. The molecule has 0 saturated heterocycles. The van der Waals surface area contributed by atoms with Crippen LogP contribution >= 0.6 is 0 Å². The first-order valence-corrected chi connectivity index (χ1v) is 9.80. The third-order valence-electron chi connectivity index (χ3n) is 5.11. The number of aromatic nitrogens is 2. The first-order chi connectivity index (χ1) is 14.4. The fraction of sp³-hybridized carbons (Fsp3) is 0.273. The number of likely N-dealkylation sites (N-methyl/N-ethyl adjacent to an activating group) is 1. The van der Waals surface area contributed by atoms with Crippen LogP contribution in [-0.2, 0) is 16.1 Å². The zero-order valence-electron chi connectivity index (χ0n) is 16.9. The number of amides is 2. The Morgan fingerprint density at radius 3 is 2.73 bits per heavy atom. The van der Waals surface area contributed by atoms with E-state index in [4.69, 9.17) is 0 Å². The third kappa shape index (κ3) is 3.95. The van der Waals surface area contributed by atoms with Gasteiger partial charge in [-0.2, -0.15) is 0 Å². The second-order valence-electron chi connectivity index (χ2n) is 7.58. The Balaban J connectivity index is 1.53. The monoisotopic (exact) mass is 405 g/mol. The van der Waals surface area contributed by atoms with Crippen LogP contribution in [0, 0.1) is 0 Å². The largest absolute Gasteiger partial charge is 0.324 e. The van der Waals surface area contributed by atoms with Gasteiger partial charge >= 0.3 is 0 Å². The summed E-state index contributed by atoms with van der Waals surface area (Å²) < 4.78 is 0. The van der Waals surface area contributed by atoms with Gasteiger partial charge in [-0.05, 0) is 38.2 Å². The maximum atomic E-state index is 13.2. The number of hydrogen-bond acceptors (Lipinski definition) is 5. The van der Waals surface area contributed by atoms with Crippen molar-refractivity contribution in [1.82, 2.24) is 14.9 Å². The molecule has 0 spiro atoms. The van der Waals surface area contributed by atoms with Gasteiger partial charge in [-0.1, -0.05) is 24.3 Å². The number of H-pyrrole nitrogens is 1. The van der Waals surface area contributed by atoms with E-state index in [-0.39, 0.29) is 36.4 Å². The van der Waals surface area contributed by atoms with Crippen LogP contribution < -0.4 is 15.8 Å². The van der Waals surface area contributed by atoms with Crippen LogP contribution in [0.1, 0.15) is 19.2 Å². The summed E-state index contributed by atoms with van der Waals surface area (Å²) in [6.45, 7) is 2.29. The number of nitrogens with zero attached hydrogens (tertiary/aromatic N) is 3. The normalized spacial score (nSPS) is 16.3.